The number of carbonyl (C=O) groups is 1. The van der Waals surface area contributed by atoms with Crippen molar-refractivity contribution in [2.45, 2.75) is 0 Å². The van der Waals surface area contributed by atoms with E-state index in [0.29, 0.717) is 21.6 Å². The third-order valence-electron chi connectivity index (χ3n) is 2.97. The van der Waals surface area contributed by atoms with Gasteiger partial charge in [0, 0.05) is 17.3 Å². The molecule has 0 unspecified atom stereocenters. The van der Waals surface area contributed by atoms with Crippen LogP contribution < -0.4 is 10.1 Å². The highest BCUT2D eigenvalue weighted by Gasteiger charge is 2.16. The lowest BCUT2D eigenvalue weighted by Crippen LogP contribution is -2.17. The minimum absolute atomic E-state index is 0.176. The van der Waals surface area contributed by atoms with Gasteiger partial charge >= 0.3 is 6.09 Å². The number of amides is 1. The number of hydrogen-bond donors (Lipinski definition) is 1. The molecular weight excluding hydrogens is 323 g/mol. The second kappa shape index (κ2) is 6.22. The first-order valence-electron chi connectivity index (χ1n) is 6.42. The van der Waals surface area contributed by atoms with E-state index in [1.807, 2.05) is 18.2 Å². The van der Waals surface area contributed by atoms with Crippen LogP contribution in [-0.2, 0) is 0 Å². The molecule has 110 valence electrons. The molecule has 3 rings (SSSR count). The Morgan fingerprint density at radius 1 is 1.05 bits per heavy atom. The standard InChI is InChI=1S/C16H10Cl2N2O2/c17-12-9-13(18)15(14-11(12)7-4-8-19-14)22-16(21)20-10-5-2-1-3-6-10/h1-9H,(H,20,21). The molecule has 4 nitrogen and oxygen atoms in total. The summed E-state index contributed by atoms with van der Waals surface area (Å²) in [5.41, 5.74) is 1.05. The Bertz CT molecular complexity index is 838. The SMILES string of the molecule is O=C(Nc1ccccc1)Oc1c(Cl)cc(Cl)c2cccnc12. The molecule has 0 bridgehead atoms. The number of carbonyl (C=O) groups excluding carboxylic acids is 1. The maximum absolute atomic E-state index is 12.0. The molecule has 1 N–H and O–H groups in total. The van der Waals surface area contributed by atoms with Gasteiger partial charge in [0.05, 0.1) is 10.0 Å². The third kappa shape index (κ3) is 2.98. The molecule has 1 aromatic heterocycles. The molecule has 0 aliphatic carbocycles. The Hall–Kier alpha value is -2.30. The quantitative estimate of drug-likeness (QED) is 0.705. The Morgan fingerprint density at radius 3 is 2.59 bits per heavy atom. The minimum atomic E-state index is -0.651. The fourth-order valence-electron chi connectivity index (χ4n) is 2.00. The van der Waals surface area contributed by atoms with E-state index in [1.165, 1.54) is 6.07 Å². The zero-order valence-electron chi connectivity index (χ0n) is 11.2. The van der Waals surface area contributed by atoms with E-state index in [4.69, 9.17) is 27.9 Å². The summed E-state index contributed by atoms with van der Waals surface area (Å²) in [7, 11) is 0. The van der Waals surface area contributed by atoms with Gasteiger partial charge in [0.15, 0.2) is 5.75 Å². The largest absolute Gasteiger partial charge is 0.417 e. The molecule has 3 aromatic rings. The van der Waals surface area contributed by atoms with Crippen LogP contribution in [0.2, 0.25) is 10.0 Å². The van der Waals surface area contributed by atoms with Gasteiger partial charge in [0.25, 0.3) is 0 Å². The van der Waals surface area contributed by atoms with Crippen LogP contribution in [0, 0.1) is 0 Å². The second-order valence-corrected chi connectivity index (χ2v) is 5.26. The molecule has 0 saturated carbocycles. The molecular formula is C16H10Cl2N2O2. The van der Waals surface area contributed by atoms with Crippen LogP contribution in [0.5, 0.6) is 5.75 Å². The molecule has 0 atom stereocenters. The number of halogens is 2. The van der Waals surface area contributed by atoms with E-state index >= 15 is 0 Å². The molecule has 0 aliphatic rings. The normalized spacial score (nSPS) is 10.5. The zero-order chi connectivity index (χ0) is 15.5. The van der Waals surface area contributed by atoms with Crippen molar-refractivity contribution in [3.8, 4) is 5.75 Å². The summed E-state index contributed by atoms with van der Waals surface area (Å²) in [4.78, 5) is 16.2. The highest BCUT2D eigenvalue weighted by Crippen LogP contribution is 2.37. The molecule has 1 amide bonds. The summed E-state index contributed by atoms with van der Waals surface area (Å²) < 4.78 is 5.31. The molecule has 22 heavy (non-hydrogen) atoms. The lowest BCUT2D eigenvalue weighted by Gasteiger charge is -2.11. The lowest BCUT2D eigenvalue weighted by molar-refractivity contribution is 0.215. The maximum atomic E-state index is 12.0. The van der Waals surface area contributed by atoms with Crippen molar-refractivity contribution in [2.75, 3.05) is 5.32 Å². The fourth-order valence-corrected chi connectivity index (χ4v) is 2.56. The number of rotatable bonds is 2. The lowest BCUT2D eigenvalue weighted by atomic mass is 10.2. The van der Waals surface area contributed by atoms with Crippen LogP contribution in [-0.4, -0.2) is 11.1 Å². The average Bonchev–Trinajstić information content (AvgIpc) is 2.52. The number of anilines is 1. The zero-order valence-corrected chi connectivity index (χ0v) is 12.7. The van der Waals surface area contributed by atoms with E-state index in [-0.39, 0.29) is 10.8 Å². The molecule has 0 radical (unpaired) electrons. The molecule has 0 aliphatic heterocycles. The van der Waals surface area contributed by atoms with Crippen LogP contribution in [0.4, 0.5) is 10.5 Å². The minimum Gasteiger partial charge on any atom is -0.406 e. The number of hydrogen-bond acceptors (Lipinski definition) is 3. The highest BCUT2D eigenvalue weighted by atomic mass is 35.5. The maximum Gasteiger partial charge on any atom is 0.417 e. The molecule has 0 spiro atoms. The van der Waals surface area contributed by atoms with E-state index in [9.17, 15) is 4.79 Å². The summed E-state index contributed by atoms with van der Waals surface area (Å²) in [6, 6.07) is 14.0. The van der Waals surface area contributed by atoms with Gasteiger partial charge in [0.1, 0.15) is 5.52 Å². The van der Waals surface area contributed by atoms with Crippen molar-refractivity contribution < 1.29 is 9.53 Å². The first-order valence-corrected chi connectivity index (χ1v) is 7.17. The van der Waals surface area contributed by atoms with Crippen LogP contribution in [0.3, 0.4) is 0 Å². The Labute approximate surface area is 136 Å². The van der Waals surface area contributed by atoms with Crippen molar-refractivity contribution in [2.24, 2.45) is 0 Å². The van der Waals surface area contributed by atoms with Crippen LogP contribution in [0.1, 0.15) is 0 Å². The number of fused-ring (bicyclic) bond motifs is 1. The van der Waals surface area contributed by atoms with Crippen LogP contribution >= 0.6 is 23.2 Å². The predicted octanol–water partition coefficient (Wildman–Crippen LogP) is 5.15. The predicted molar refractivity (Wildman–Crippen MR) is 87.9 cm³/mol. The van der Waals surface area contributed by atoms with E-state index in [0.717, 1.165) is 0 Å². The molecule has 6 heteroatoms. The number of nitrogens with zero attached hydrogens (tertiary/aromatic N) is 1. The first-order chi connectivity index (χ1) is 10.6. The smallest absolute Gasteiger partial charge is 0.406 e. The Morgan fingerprint density at radius 2 is 1.82 bits per heavy atom. The van der Waals surface area contributed by atoms with Crippen molar-refractivity contribution in [1.82, 2.24) is 4.98 Å². The summed E-state index contributed by atoms with van der Waals surface area (Å²) in [5, 5.41) is 3.95. The molecule has 1 heterocycles. The summed E-state index contributed by atoms with van der Waals surface area (Å²) in [6.45, 7) is 0. The van der Waals surface area contributed by atoms with Crippen molar-refractivity contribution in [1.29, 1.82) is 0 Å². The topological polar surface area (TPSA) is 51.2 Å². The highest BCUT2D eigenvalue weighted by molar-refractivity contribution is 6.39. The van der Waals surface area contributed by atoms with Crippen molar-refractivity contribution in [3.63, 3.8) is 0 Å². The van der Waals surface area contributed by atoms with Crippen molar-refractivity contribution >= 4 is 45.9 Å². The monoisotopic (exact) mass is 332 g/mol. The average molecular weight is 333 g/mol. The Kier molecular flexibility index (Phi) is 4.13. The van der Waals surface area contributed by atoms with Gasteiger partial charge < -0.3 is 4.74 Å². The number of para-hydroxylation sites is 1. The Balaban J connectivity index is 1.92. The van der Waals surface area contributed by atoms with Crippen LogP contribution in [0.25, 0.3) is 10.9 Å². The van der Waals surface area contributed by atoms with Gasteiger partial charge in [-0.1, -0.05) is 41.4 Å². The molecule has 2 aromatic carbocycles. The second-order valence-electron chi connectivity index (χ2n) is 4.45. The molecule has 0 saturated heterocycles. The number of benzene rings is 2. The molecule has 0 fully saturated rings. The summed E-state index contributed by atoms with van der Waals surface area (Å²) in [5.74, 6) is 0.176. The van der Waals surface area contributed by atoms with Gasteiger partial charge in [-0.05, 0) is 30.3 Å². The number of ether oxygens (including phenoxy) is 1. The van der Waals surface area contributed by atoms with Gasteiger partial charge in [-0.3, -0.25) is 10.3 Å². The van der Waals surface area contributed by atoms with Gasteiger partial charge in [-0.25, -0.2) is 4.79 Å². The summed E-state index contributed by atoms with van der Waals surface area (Å²) in [6.07, 6.45) is 0.930. The van der Waals surface area contributed by atoms with E-state index in [2.05, 4.69) is 10.3 Å². The van der Waals surface area contributed by atoms with Gasteiger partial charge in [-0.15, -0.1) is 0 Å². The van der Waals surface area contributed by atoms with Gasteiger partial charge in [-0.2, -0.15) is 0 Å². The number of aromatic nitrogens is 1. The number of pyridine rings is 1. The fraction of sp³-hybridized carbons (Fsp3) is 0. The summed E-state index contributed by atoms with van der Waals surface area (Å²) >= 11 is 12.2. The third-order valence-corrected chi connectivity index (χ3v) is 3.56. The van der Waals surface area contributed by atoms with E-state index in [1.54, 1.807) is 30.5 Å². The van der Waals surface area contributed by atoms with E-state index < -0.39 is 6.09 Å². The number of nitrogens with one attached hydrogen (secondary N) is 1. The van der Waals surface area contributed by atoms with Crippen LogP contribution in [0.15, 0.2) is 54.7 Å². The van der Waals surface area contributed by atoms with Crippen molar-refractivity contribution in [3.05, 3.63) is 64.8 Å². The van der Waals surface area contributed by atoms with Gasteiger partial charge in [0.2, 0.25) is 0 Å². The first kappa shape index (κ1) is 14.6.